The van der Waals surface area contributed by atoms with Crippen molar-refractivity contribution in [3.05, 3.63) is 96.8 Å². The fourth-order valence-electron chi connectivity index (χ4n) is 3.01. The molecule has 0 aliphatic carbocycles. The largest absolute Gasteiger partial charge is 0.268 e. The van der Waals surface area contributed by atoms with Crippen LogP contribution in [0.5, 0.6) is 0 Å². The van der Waals surface area contributed by atoms with Gasteiger partial charge in [-0.2, -0.15) is 0 Å². The van der Waals surface area contributed by atoms with Crippen LogP contribution < -0.4 is 4.72 Å². The maximum Gasteiger partial charge on any atom is 0.264 e. The molecule has 6 heteroatoms. The van der Waals surface area contributed by atoms with E-state index < -0.39 is 15.9 Å². The molecule has 0 spiro atoms. The molecule has 0 saturated carbocycles. The highest BCUT2D eigenvalue weighted by atomic mass is 32.2. The molecule has 5 nitrogen and oxygen atoms in total. The molecule has 4 rings (SSSR count). The van der Waals surface area contributed by atoms with Gasteiger partial charge >= 0.3 is 0 Å². The first-order valence-electron chi connectivity index (χ1n) is 8.60. The summed E-state index contributed by atoms with van der Waals surface area (Å²) in [4.78, 5) is 16.6. The van der Waals surface area contributed by atoms with E-state index in [1.807, 2.05) is 30.3 Å². The van der Waals surface area contributed by atoms with Gasteiger partial charge in [-0.3, -0.25) is 9.78 Å². The molecular formula is C22H16N2O3S. The molecule has 28 heavy (non-hydrogen) atoms. The van der Waals surface area contributed by atoms with E-state index in [-0.39, 0.29) is 10.5 Å². The number of carbonyl (C=O) groups excluding carboxylic acids is 1. The van der Waals surface area contributed by atoms with Gasteiger partial charge in [0.15, 0.2) is 0 Å². The second kappa shape index (κ2) is 7.25. The normalized spacial score (nSPS) is 11.3. The van der Waals surface area contributed by atoms with Gasteiger partial charge in [0.25, 0.3) is 15.9 Å². The van der Waals surface area contributed by atoms with Crippen molar-refractivity contribution in [2.45, 2.75) is 4.90 Å². The lowest BCUT2D eigenvalue weighted by Crippen LogP contribution is -2.30. The van der Waals surface area contributed by atoms with Crippen molar-refractivity contribution in [3.8, 4) is 11.1 Å². The van der Waals surface area contributed by atoms with Crippen LogP contribution in [0, 0.1) is 0 Å². The van der Waals surface area contributed by atoms with E-state index >= 15 is 0 Å². The topological polar surface area (TPSA) is 76.1 Å². The van der Waals surface area contributed by atoms with Gasteiger partial charge in [0.1, 0.15) is 0 Å². The number of benzene rings is 3. The van der Waals surface area contributed by atoms with Gasteiger partial charge < -0.3 is 0 Å². The van der Waals surface area contributed by atoms with Crippen molar-refractivity contribution in [2.75, 3.05) is 0 Å². The Morgan fingerprint density at radius 1 is 0.786 bits per heavy atom. The third-order valence-corrected chi connectivity index (χ3v) is 5.80. The van der Waals surface area contributed by atoms with Gasteiger partial charge in [-0.25, -0.2) is 13.1 Å². The highest BCUT2D eigenvalue weighted by Crippen LogP contribution is 2.23. The van der Waals surface area contributed by atoms with Crippen molar-refractivity contribution >= 4 is 26.7 Å². The molecule has 138 valence electrons. The van der Waals surface area contributed by atoms with Crippen LogP contribution in [-0.2, 0) is 10.0 Å². The van der Waals surface area contributed by atoms with E-state index in [9.17, 15) is 13.2 Å². The van der Waals surface area contributed by atoms with Gasteiger partial charge in [-0.15, -0.1) is 0 Å². The van der Waals surface area contributed by atoms with Gasteiger partial charge in [-0.1, -0.05) is 54.6 Å². The first-order valence-corrected chi connectivity index (χ1v) is 10.1. The molecule has 0 fully saturated rings. The summed E-state index contributed by atoms with van der Waals surface area (Å²) in [6, 6.07) is 23.0. The van der Waals surface area contributed by atoms with E-state index in [0.29, 0.717) is 10.8 Å². The molecule has 1 aromatic heterocycles. The fraction of sp³-hybridized carbons (Fsp3) is 0. The summed E-state index contributed by atoms with van der Waals surface area (Å²) in [5.74, 6) is -0.675. The molecule has 3 aromatic carbocycles. The second-order valence-corrected chi connectivity index (χ2v) is 7.88. The highest BCUT2D eigenvalue weighted by molar-refractivity contribution is 7.90. The average molecular weight is 388 g/mol. The van der Waals surface area contributed by atoms with E-state index in [1.165, 1.54) is 12.3 Å². The Balaban J connectivity index is 1.60. The van der Waals surface area contributed by atoms with E-state index in [2.05, 4.69) is 9.71 Å². The summed E-state index contributed by atoms with van der Waals surface area (Å²) in [6.07, 6.45) is 3.10. The highest BCUT2D eigenvalue weighted by Gasteiger charge is 2.21. The lowest BCUT2D eigenvalue weighted by Gasteiger charge is -2.10. The monoisotopic (exact) mass is 388 g/mol. The maximum absolute atomic E-state index is 12.8. The minimum absolute atomic E-state index is 0.0432. The Bertz CT molecular complexity index is 1250. The number of carbonyl (C=O) groups is 1. The molecule has 1 amide bonds. The number of nitrogens with zero attached hydrogens (tertiary/aromatic N) is 1. The van der Waals surface area contributed by atoms with E-state index in [1.54, 1.807) is 48.7 Å². The minimum Gasteiger partial charge on any atom is -0.268 e. The number of nitrogens with one attached hydrogen (secondary N) is 1. The first-order chi connectivity index (χ1) is 13.5. The Morgan fingerprint density at radius 2 is 1.50 bits per heavy atom. The Kier molecular flexibility index (Phi) is 4.63. The van der Waals surface area contributed by atoms with E-state index in [4.69, 9.17) is 0 Å². The molecule has 0 atom stereocenters. The summed E-state index contributed by atoms with van der Waals surface area (Å²) < 4.78 is 27.7. The number of hydrogen-bond donors (Lipinski definition) is 1. The number of sulfonamides is 1. The van der Waals surface area contributed by atoms with E-state index in [0.717, 1.165) is 11.1 Å². The summed E-state index contributed by atoms with van der Waals surface area (Å²) in [6.45, 7) is 0. The predicted molar refractivity (Wildman–Crippen MR) is 108 cm³/mol. The second-order valence-electron chi connectivity index (χ2n) is 6.23. The molecule has 0 aliphatic rings. The van der Waals surface area contributed by atoms with Crippen molar-refractivity contribution in [1.82, 2.24) is 9.71 Å². The van der Waals surface area contributed by atoms with Crippen molar-refractivity contribution in [2.24, 2.45) is 0 Å². The number of rotatable bonds is 4. The average Bonchev–Trinajstić information content (AvgIpc) is 2.74. The van der Waals surface area contributed by atoms with Crippen LogP contribution in [0.2, 0.25) is 0 Å². The number of aromatic nitrogens is 1. The summed E-state index contributed by atoms with van der Waals surface area (Å²) in [5.41, 5.74) is 2.23. The first kappa shape index (κ1) is 17.9. The zero-order valence-corrected chi connectivity index (χ0v) is 15.6. The van der Waals surface area contributed by atoms with Gasteiger partial charge in [0.05, 0.1) is 4.90 Å². The molecular weight excluding hydrogens is 372 g/mol. The number of fused-ring (bicyclic) bond motifs is 1. The molecule has 1 heterocycles. The molecule has 1 N–H and O–H groups in total. The fourth-order valence-corrected chi connectivity index (χ4v) is 4.21. The van der Waals surface area contributed by atoms with Crippen LogP contribution in [0.3, 0.4) is 0 Å². The van der Waals surface area contributed by atoms with Crippen LogP contribution in [0.1, 0.15) is 10.4 Å². The SMILES string of the molecule is O=C(NS(=O)(=O)c1cccc2cnccc12)c1ccc(-c2ccccc2)cc1. The van der Waals surface area contributed by atoms with Crippen LogP contribution in [0.4, 0.5) is 0 Å². The third-order valence-electron chi connectivity index (χ3n) is 4.41. The van der Waals surface area contributed by atoms with Crippen molar-refractivity contribution in [1.29, 1.82) is 0 Å². The molecule has 0 radical (unpaired) electrons. The third kappa shape index (κ3) is 3.50. The number of amides is 1. The Labute approximate surface area is 162 Å². The molecule has 4 aromatic rings. The zero-order valence-electron chi connectivity index (χ0n) is 14.7. The smallest absolute Gasteiger partial charge is 0.264 e. The Hall–Kier alpha value is -3.51. The predicted octanol–water partition coefficient (Wildman–Crippen LogP) is 4.02. The molecule has 0 unspecified atom stereocenters. The zero-order chi connectivity index (χ0) is 19.6. The van der Waals surface area contributed by atoms with Crippen molar-refractivity contribution in [3.63, 3.8) is 0 Å². The standard InChI is InChI=1S/C22H16N2O3S/c25-22(18-11-9-17(10-12-18)16-5-2-1-3-6-16)24-28(26,27)21-8-4-7-19-15-23-14-13-20(19)21/h1-15H,(H,24,25). The van der Waals surface area contributed by atoms with Crippen LogP contribution in [-0.4, -0.2) is 19.3 Å². The minimum atomic E-state index is -4.02. The van der Waals surface area contributed by atoms with Gasteiger partial charge in [0, 0.05) is 28.7 Å². The molecule has 0 aliphatic heterocycles. The quantitative estimate of drug-likeness (QED) is 0.573. The molecule has 0 bridgehead atoms. The number of pyridine rings is 1. The van der Waals surface area contributed by atoms with Crippen molar-refractivity contribution < 1.29 is 13.2 Å². The summed E-state index contributed by atoms with van der Waals surface area (Å²) in [7, 11) is -4.02. The lowest BCUT2D eigenvalue weighted by atomic mass is 10.0. The van der Waals surface area contributed by atoms with Crippen LogP contribution in [0.15, 0.2) is 96.2 Å². The summed E-state index contributed by atoms with van der Waals surface area (Å²) >= 11 is 0. The summed E-state index contributed by atoms with van der Waals surface area (Å²) in [5, 5.41) is 1.20. The lowest BCUT2D eigenvalue weighted by molar-refractivity contribution is 0.0981. The van der Waals surface area contributed by atoms with Crippen LogP contribution in [0.25, 0.3) is 21.9 Å². The Morgan fingerprint density at radius 3 is 2.25 bits per heavy atom. The van der Waals surface area contributed by atoms with Crippen LogP contribution >= 0.6 is 0 Å². The molecule has 0 saturated heterocycles. The van der Waals surface area contributed by atoms with Gasteiger partial charge in [0.2, 0.25) is 0 Å². The van der Waals surface area contributed by atoms with Gasteiger partial charge in [-0.05, 0) is 35.4 Å². The maximum atomic E-state index is 12.8. The number of hydrogen-bond acceptors (Lipinski definition) is 4.